The Bertz CT molecular complexity index is 765. The van der Waals surface area contributed by atoms with Crippen molar-refractivity contribution in [2.75, 3.05) is 31.1 Å². The Kier molecular flexibility index (Phi) is 6.27. The van der Waals surface area contributed by atoms with Crippen molar-refractivity contribution in [2.24, 2.45) is 0 Å². The second kappa shape index (κ2) is 9.05. The Morgan fingerprint density at radius 2 is 1.89 bits per heavy atom. The average Bonchev–Trinajstić information content (AvgIpc) is 3.42. The molecule has 6 heteroatoms. The van der Waals surface area contributed by atoms with Gasteiger partial charge in [-0.1, -0.05) is 31.0 Å². The molecule has 0 unspecified atom stereocenters. The summed E-state index contributed by atoms with van der Waals surface area (Å²) in [4.78, 5) is 15.4. The summed E-state index contributed by atoms with van der Waals surface area (Å²) in [6.07, 6.45) is 6.39. The van der Waals surface area contributed by atoms with Gasteiger partial charge in [-0.3, -0.25) is 9.69 Å². The van der Waals surface area contributed by atoms with Crippen LogP contribution < -0.4 is 10.1 Å². The zero-order chi connectivity index (χ0) is 19.2. The first-order chi connectivity index (χ1) is 13.8. The van der Waals surface area contributed by atoms with Crippen molar-refractivity contribution in [3.05, 3.63) is 54.0 Å². The van der Waals surface area contributed by atoms with E-state index in [4.69, 9.17) is 9.15 Å². The molecule has 1 aliphatic heterocycles. The van der Waals surface area contributed by atoms with Gasteiger partial charge < -0.3 is 14.5 Å². The number of rotatable bonds is 7. The number of ether oxygens (including phenoxy) is 1. The number of carbonyl (C=O) groups excluding carboxylic acids is 1. The molecule has 5 nitrogen and oxygen atoms in total. The molecular weight excluding hydrogens is 372 g/mol. The number of hydrogen-bond acceptors (Lipinski definition) is 5. The van der Waals surface area contributed by atoms with Crippen LogP contribution in [0.4, 0.5) is 0 Å². The molecule has 1 amide bonds. The van der Waals surface area contributed by atoms with E-state index in [0.717, 1.165) is 24.4 Å². The predicted octanol–water partition coefficient (Wildman–Crippen LogP) is 3.95. The van der Waals surface area contributed by atoms with Crippen molar-refractivity contribution in [2.45, 2.75) is 37.8 Å². The van der Waals surface area contributed by atoms with E-state index in [1.165, 1.54) is 37.2 Å². The molecule has 1 aromatic heterocycles. The first-order valence-corrected chi connectivity index (χ1v) is 11.3. The van der Waals surface area contributed by atoms with Crippen LogP contribution in [-0.4, -0.2) is 47.5 Å². The predicted molar refractivity (Wildman–Crippen MR) is 112 cm³/mol. The van der Waals surface area contributed by atoms with Crippen molar-refractivity contribution >= 4 is 17.7 Å². The lowest BCUT2D eigenvalue weighted by Crippen LogP contribution is -2.56. The van der Waals surface area contributed by atoms with Gasteiger partial charge >= 0.3 is 0 Å². The fourth-order valence-corrected chi connectivity index (χ4v) is 5.23. The maximum Gasteiger partial charge on any atom is 0.287 e. The number of nitrogens with zero attached hydrogens (tertiary/aromatic N) is 1. The minimum atomic E-state index is -0.144. The lowest BCUT2D eigenvalue weighted by molar-refractivity contribution is 0.0794. The highest BCUT2D eigenvalue weighted by atomic mass is 32.2. The van der Waals surface area contributed by atoms with Crippen LogP contribution in [0.5, 0.6) is 5.75 Å². The van der Waals surface area contributed by atoms with Crippen LogP contribution >= 0.6 is 11.8 Å². The smallest absolute Gasteiger partial charge is 0.287 e. The van der Waals surface area contributed by atoms with E-state index >= 15 is 0 Å². The lowest BCUT2D eigenvalue weighted by Gasteiger charge is -2.43. The summed E-state index contributed by atoms with van der Waals surface area (Å²) in [6.45, 7) is 3.25. The zero-order valence-corrected chi connectivity index (χ0v) is 17.0. The number of furan rings is 1. The highest BCUT2D eigenvalue weighted by Gasteiger charge is 2.40. The summed E-state index contributed by atoms with van der Waals surface area (Å²) >= 11 is 2.03. The highest BCUT2D eigenvalue weighted by Crippen LogP contribution is 2.36. The summed E-state index contributed by atoms with van der Waals surface area (Å²) in [5.74, 6) is 3.37. The van der Waals surface area contributed by atoms with Gasteiger partial charge in [-0.15, -0.1) is 0 Å². The van der Waals surface area contributed by atoms with Gasteiger partial charge in [0, 0.05) is 42.2 Å². The lowest BCUT2D eigenvalue weighted by atomic mass is 9.94. The number of amides is 1. The normalized spacial score (nSPS) is 19.4. The molecule has 1 saturated heterocycles. The summed E-state index contributed by atoms with van der Waals surface area (Å²) in [6, 6.07) is 11.4. The second-order valence-corrected chi connectivity index (χ2v) is 8.81. The fraction of sp³-hybridized carbons (Fsp3) is 0.500. The Hall–Kier alpha value is -1.92. The van der Waals surface area contributed by atoms with Gasteiger partial charge in [-0.05, 0) is 31.0 Å². The molecule has 4 rings (SSSR count). The van der Waals surface area contributed by atoms with E-state index in [1.54, 1.807) is 6.26 Å². The standard InChI is InChI=1S/C22H28N2O3S/c25-21(20-18(8-13-26-20)16-27-19-6-2-1-3-7-19)23-17-22(9-4-5-10-22)24-11-14-28-15-12-24/h1-3,6-8,13H,4-5,9-12,14-17H2,(H,23,25). The van der Waals surface area contributed by atoms with Gasteiger partial charge in [0.15, 0.2) is 5.76 Å². The monoisotopic (exact) mass is 400 g/mol. The third-order valence-corrected chi connectivity index (χ3v) is 6.83. The van der Waals surface area contributed by atoms with E-state index in [9.17, 15) is 4.79 Å². The van der Waals surface area contributed by atoms with Crippen molar-refractivity contribution in [1.82, 2.24) is 10.2 Å². The van der Waals surface area contributed by atoms with Crippen LogP contribution in [0.25, 0.3) is 0 Å². The molecule has 2 aliphatic rings. The quantitative estimate of drug-likeness (QED) is 0.763. The van der Waals surface area contributed by atoms with Crippen LogP contribution in [0.1, 0.15) is 41.8 Å². The van der Waals surface area contributed by atoms with Crippen molar-refractivity contribution in [3.8, 4) is 5.75 Å². The molecule has 1 saturated carbocycles. The molecule has 0 bridgehead atoms. The Morgan fingerprint density at radius 3 is 2.64 bits per heavy atom. The van der Waals surface area contributed by atoms with Crippen molar-refractivity contribution < 1.29 is 13.9 Å². The van der Waals surface area contributed by atoms with Crippen molar-refractivity contribution in [1.29, 1.82) is 0 Å². The minimum absolute atomic E-state index is 0.115. The molecule has 2 heterocycles. The van der Waals surface area contributed by atoms with E-state index in [-0.39, 0.29) is 11.4 Å². The number of benzene rings is 1. The number of hydrogen-bond donors (Lipinski definition) is 1. The van der Waals surface area contributed by atoms with Crippen LogP contribution in [-0.2, 0) is 6.61 Å². The first kappa shape index (κ1) is 19.4. The summed E-state index contributed by atoms with van der Waals surface area (Å²) < 4.78 is 11.3. The topological polar surface area (TPSA) is 54.7 Å². The molecule has 1 aliphatic carbocycles. The average molecular weight is 401 g/mol. The molecule has 1 aromatic carbocycles. The molecule has 2 fully saturated rings. The van der Waals surface area contributed by atoms with E-state index in [2.05, 4.69) is 10.2 Å². The second-order valence-electron chi connectivity index (χ2n) is 7.59. The van der Waals surface area contributed by atoms with Crippen LogP contribution in [0.15, 0.2) is 47.1 Å². The molecular formula is C22H28N2O3S. The minimum Gasteiger partial charge on any atom is -0.489 e. The van der Waals surface area contributed by atoms with E-state index in [1.807, 2.05) is 48.2 Å². The van der Waals surface area contributed by atoms with Gasteiger partial charge in [-0.25, -0.2) is 0 Å². The maximum atomic E-state index is 12.8. The Balaban J connectivity index is 1.37. The highest BCUT2D eigenvalue weighted by molar-refractivity contribution is 7.99. The van der Waals surface area contributed by atoms with Crippen LogP contribution in [0.2, 0.25) is 0 Å². The Labute approximate surface area is 170 Å². The first-order valence-electron chi connectivity index (χ1n) is 10.1. The zero-order valence-electron chi connectivity index (χ0n) is 16.2. The van der Waals surface area contributed by atoms with Crippen LogP contribution in [0.3, 0.4) is 0 Å². The van der Waals surface area contributed by atoms with Gasteiger partial charge in [0.1, 0.15) is 12.4 Å². The largest absolute Gasteiger partial charge is 0.489 e. The molecule has 0 radical (unpaired) electrons. The summed E-state index contributed by atoms with van der Waals surface area (Å²) in [5.41, 5.74) is 0.889. The number of para-hydroxylation sites is 1. The van der Waals surface area contributed by atoms with E-state index < -0.39 is 0 Å². The Morgan fingerprint density at radius 1 is 1.14 bits per heavy atom. The van der Waals surface area contributed by atoms with E-state index in [0.29, 0.717) is 18.9 Å². The maximum absolute atomic E-state index is 12.8. The molecule has 1 N–H and O–H groups in total. The third-order valence-electron chi connectivity index (χ3n) is 5.88. The van der Waals surface area contributed by atoms with Gasteiger partial charge in [0.2, 0.25) is 0 Å². The molecule has 2 aromatic rings. The fourth-order valence-electron chi connectivity index (χ4n) is 4.33. The molecule has 150 valence electrons. The van der Waals surface area contributed by atoms with Gasteiger partial charge in [0.25, 0.3) is 5.91 Å². The summed E-state index contributed by atoms with van der Waals surface area (Å²) in [5, 5.41) is 3.17. The van der Waals surface area contributed by atoms with Gasteiger partial charge in [0.05, 0.1) is 6.26 Å². The number of nitrogens with one attached hydrogen (secondary N) is 1. The van der Waals surface area contributed by atoms with Crippen LogP contribution in [0, 0.1) is 0 Å². The molecule has 0 atom stereocenters. The third kappa shape index (κ3) is 4.39. The molecule has 28 heavy (non-hydrogen) atoms. The summed E-state index contributed by atoms with van der Waals surface area (Å²) in [7, 11) is 0. The SMILES string of the molecule is O=C(NCC1(N2CCSCC2)CCCC1)c1occc1COc1ccccc1. The van der Waals surface area contributed by atoms with Gasteiger partial charge in [-0.2, -0.15) is 11.8 Å². The van der Waals surface area contributed by atoms with Crippen molar-refractivity contribution in [3.63, 3.8) is 0 Å². The number of thioether (sulfide) groups is 1. The molecule has 0 spiro atoms. The number of carbonyl (C=O) groups is 1.